The largest absolute Gasteiger partial charge is 0.472 e. The average Bonchev–Trinajstić information content (AvgIpc) is 2.82. The number of fused-ring (bicyclic) bond motifs is 1. The van der Waals surface area contributed by atoms with Gasteiger partial charge in [-0.05, 0) is 25.1 Å². The Kier molecular flexibility index (Phi) is 2.81. The third-order valence-electron chi connectivity index (χ3n) is 2.88. The minimum absolute atomic E-state index is 0.148. The Morgan fingerprint density at radius 3 is 2.84 bits per heavy atom. The number of nitrogens with one attached hydrogen (secondary N) is 2. The zero-order chi connectivity index (χ0) is 13.6. The Morgan fingerprint density at radius 1 is 1.37 bits per heavy atom. The SMILES string of the molecule is C[C@H]1Nc2c(-c3ccoc3)cc(Cl)cc2S(=O)(=O)N1. The number of anilines is 1. The van der Waals surface area contributed by atoms with Gasteiger partial charge in [0.25, 0.3) is 0 Å². The van der Waals surface area contributed by atoms with Crippen molar-refractivity contribution in [2.75, 3.05) is 5.32 Å². The average molecular weight is 299 g/mol. The smallest absolute Gasteiger partial charge is 0.244 e. The van der Waals surface area contributed by atoms with Crippen molar-refractivity contribution in [1.82, 2.24) is 4.72 Å². The minimum Gasteiger partial charge on any atom is -0.472 e. The van der Waals surface area contributed by atoms with E-state index >= 15 is 0 Å². The lowest BCUT2D eigenvalue weighted by Gasteiger charge is -2.27. The molecule has 1 aliphatic rings. The summed E-state index contributed by atoms with van der Waals surface area (Å²) in [6, 6.07) is 4.90. The minimum atomic E-state index is -3.55. The molecule has 2 heterocycles. The quantitative estimate of drug-likeness (QED) is 0.849. The maximum Gasteiger partial charge on any atom is 0.244 e. The third-order valence-corrected chi connectivity index (χ3v) is 4.66. The van der Waals surface area contributed by atoms with E-state index in [0.717, 1.165) is 5.56 Å². The number of benzene rings is 1. The topological polar surface area (TPSA) is 71.3 Å². The molecule has 19 heavy (non-hydrogen) atoms. The predicted octanol–water partition coefficient (Wildman–Crippen LogP) is 2.65. The number of rotatable bonds is 1. The summed E-state index contributed by atoms with van der Waals surface area (Å²) in [6.45, 7) is 1.73. The molecule has 1 aliphatic heterocycles. The van der Waals surface area contributed by atoms with Crippen LogP contribution in [0.5, 0.6) is 0 Å². The fourth-order valence-corrected chi connectivity index (χ4v) is 3.78. The van der Waals surface area contributed by atoms with Crippen LogP contribution in [-0.2, 0) is 10.0 Å². The molecule has 0 spiro atoms. The first-order valence-electron chi connectivity index (χ1n) is 5.62. The molecule has 1 aromatic heterocycles. The Labute approximate surface area is 115 Å². The summed E-state index contributed by atoms with van der Waals surface area (Å²) in [5.74, 6) is 0. The lowest BCUT2D eigenvalue weighted by Crippen LogP contribution is -2.42. The highest BCUT2D eigenvalue weighted by Crippen LogP contribution is 2.38. The van der Waals surface area contributed by atoms with Gasteiger partial charge in [-0.1, -0.05) is 11.6 Å². The van der Waals surface area contributed by atoms with Crippen molar-refractivity contribution in [3.63, 3.8) is 0 Å². The van der Waals surface area contributed by atoms with Crippen LogP contribution in [0.25, 0.3) is 11.1 Å². The van der Waals surface area contributed by atoms with Crippen molar-refractivity contribution in [2.45, 2.75) is 18.0 Å². The van der Waals surface area contributed by atoms with Crippen LogP contribution in [-0.4, -0.2) is 14.6 Å². The molecule has 7 heteroatoms. The maximum atomic E-state index is 12.1. The van der Waals surface area contributed by atoms with E-state index in [0.29, 0.717) is 16.3 Å². The van der Waals surface area contributed by atoms with E-state index in [9.17, 15) is 8.42 Å². The van der Waals surface area contributed by atoms with Gasteiger partial charge in [0.2, 0.25) is 10.0 Å². The van der Waals surface area contributed by atoms with Gasteiger partial charge in [0.05, 0.1) is 24.4 Å². The molecule has 2 N–H and O–H groups in total. The summed E-state index contributed by atoms with van der Waals surface area (Å²) in [5, 5.41) is 3.47. The van der Waals surface area contributed by atoms with Gasteiger partial charge in [0.1, 0.15) is 4.90 Å². The van der Waals surface area contributed by atoms with Gasteiger partial charge in [-0.25, -0.2) is 8.42 Å². The second-order valence-electron chi connectivity index (χ2n) is 4.33. The van der Waals surface area contributed by atoms with Gasteiger partial charge < -0.3 is 9.73 Å². The molecule has 0 radical (unpaired) electrons. The summed E-state index contributed by atoms with van der Waals surface area (Å²) < 4.78 is 31.8. The highest BCUT2D eigenvalue weighted by Gasteiger charge is 2.29. The summed E-state index contributed by atoms with van der Waals surface area (Å²) in [7, 11) is -3.55. The number of hydrogen-bond acceptors (Lipinski definition) is 4. The van der Waals surface area contributed by atoms with E-state index in [2.05, 4.69) is 10.0 Å². The first kappa shape index (κ1) is 12.5. The summed E-state index contributed by atoms with van der Waals surface area (Å²) >= 11 is 6.01. The first-order chi connectivity index (χ1) is 8.97. The van der Waals surface area contributed by atoms with Crippen LogP contribution in [0, 0.1) is 0 Å². The normalized spacial score (nSPS) is 20.6. The van der Waals surface area contributed by atoms with E-state index in [1.54, 1.807) is 25.3 Å². The van der Waals surface area contributed by atoms with Crippen LogP contribution in [0.15, 0.2) is 40.0 Å². The van der Waals surface area contributed by atoms with Crippen molar-refractivity contribution in [3.8, 4) is 11.1 Å². The molecule has 0 aliphatic carbocycles. The molecule has 0 saturated heterocycles. The number of furan rings is 1. The van der Waals surface area contributed by atoms with Gasteiger partial charge in [-0.2, -0.15) is 4.72 Å². The fraction of sp³-hybridized carbons (Fsp3) is 0.167. The fourth-order valence-electron chi connectivity index (χ4n) is 2.13. The standard InChI is InChI=1S/C12H11ClN2O3S/c1-7-14-12-10(8-2-3-18-6-8)4-9(13)5-11(12)19(16,17)15-7/h2-7,14-15H,1H3/t7-/m0/s1. The number of hydrogen-bond donors (Lipinski definition) is 2. The maximum absolute atomic E-state index is 12.1. The van der Waals surface area contributed by atoms with E-state index in [1.165, 1.54) is 12.3 Å². The van der Waals surface area contributed by atoms with Crippen LogP contribution in [0.1, 0.15) is 6.92 Å². The summed E-state index contributed by atoms with van der Waals surface area (Å²) in [5.41, 5.74) is 2.01. The molecule has 3 rings (SSSR count). The van der Waals surface area contributed by atoms with Gasteiger partial charge in [-0.3, -0.25) is 0 Å². The second kappa shape index (κ2) is 4.26. The number of sulfonamides is 1. The van der Waals surface area contributed by atoms with Gasteiger partial charge in [0.15, 0.2) is 0 Å². The molecule has 5 nitrogen and oxygen atoms in total. The highest BCUT2D eigenvalue weighted by atomic mass is 35.5. The van der Waals surface area contributed by atoms with Crippen molar-refractivity contribution in [3.05, 3.63) is 35.7 Å². The molecule has 1 aromatic carbocycles. The molecular formula is C12H11ClN2O3S. The van der Waals surface area contributed by atoms with Gasteiger partial charge in [-0.15, -0.1) is 0 Å². The predicted molar refractivity (Wildman–Crippen MR) is 72.6 cm³/mol. The highest BCUT2D eigenvalue weighted by molar-refractivity contribution is 7.89. The van der Waals surface area contributed by atoms with Crippen molar-refractivity contribution < 1.29 is 12.8 Å². The molecule has 100 valence electrons. The Morgan fingerprint density at radius 2 is 2.16 bits per heavy atom. The third kappa shape index (κ3) is 2.11. The molecular weight excluding hydrogens is 288 g/mol. The Hall–Kier alpha value is -1.50. The van der Waals surface area contributed by atoms with Crippen LogP contribution in [0.3, 0.4) is 0 Å². The lowest BCUT2D eigenvalue weighted by molar-refractivity contribution is 0.565. The molecule has 0 fully saturated rings. The van der Waals surface area contributed by atoms with Crippen molar-refractivity contribution in [2.24, 2.45) is 0 Å². The van der Waals surface area contributed by atoms with Gasteiger partial charge in [0, 0.05) is 16.1 Å². The van der Waals surface area contributed by atoms with E-state index in [4.69, 9.17) is 16.0 Å². The number of halogens is 1. The van der Waals surface area contributed by atoms with Crippen molar-refractivity contribution >= 4 is 27.3 Å². The molecule has 1 atom stereocenters. The molecule has 0 saturated carbocycles. The van der Waals surface area contributed by atoms with Gasteiger partial charge >= 0.3 is 0 Å². The van der Waals surface area contributed by atoms with Crippen LogP contribution in [0.2, 0.25) is 5.02 Å². The Balaban J connectivity index is 2.32. The second-order valence-corrected chi connectivity index (χ2v) is 6.44. The molecule has 0 bridgehead atoms. The van der Waals surface area contributed by atoms with Crippen LogP contribution >= 0.6 is 11.6 Å². The first-order valence-corrected chi connectivity index (χ1v) is 7.48. The molecule has 2 aromatic rings. The van der Waals surface area contributed by atoms with Crippen LogP contribution < -0.4 is 10.0 Å². The van der Waals surface area contributed by atoms with E-state index in [-0.39, 0.29) is 11.1 Å². The van der Waals surface area contributed by atoms with Crippen molar-refractivity contribution in [1.29, 1.82) is 0 Å². The van der Waals surface area contributed by atoms with E-state index in [1.807, 2.05) is 0 Å². The zero-order valence-corrected chi connectivity index (χ0v) is 11.5. The summed E-state index contributed by atoms with van der Waals surface area (Å²) in [4.78, 5) is 0.148. The lowest BCUT2D eigenvalue weighted by atomic mass is 10.1. The molecule has 0 unspecified atom stereocenters. The van der Waals surface area contributed by atoms with E-state index < -0.39 is 10.0 Å². The monoisotopic (exact) mass is 298 g/mol. The zero-order valence-electron chi connectivity index (χ0n) is 9.98. The van der Waals surface area contributed by atoms with Crippen LogP contribution in [0.4, 0.5) is 5.69 Å². The summed E-state index contributed by atoms with van der Waals surface area (Å²) in [6.07, 6.45) is 2.69. The Bertz CT molecular complexity index is 726. The molecule has 0 amide bonds.